The summed E-state index contributed by atoms with van der Waals surface area (Å²) in [6.07, 6.45) is -3.99. The van der Waals surface area contributed by atoms with E-state index in [0.29, 0.717) is 11.6 Å². The Morgan fingerprint density at radius 1 is 1.17 bits per heavy atom. The van der Waals surface area contributed by atoms with Gasteiger partial charge in [0.05, 0.1) is 36.4 Å². The quantitative estimate of drug-likeness (QED) is 0.252. The third kappa shape index (κ3) is 6.40. The Bertz CT molecular complexity index is 1550. The van der Waals surface area contributed by atoms with E-state index in [1.54, 1.807) is 13.0 Å². The van der Waals surface area contributed by atoms with Gasteiger partial charge in [-0.3, -0.25) is 4.72 Å². The maximum absolute atomic E-state index is 15.7. The molecule has 0 aliphatic heterocycles. The van der Waals surface area contributed by atoms with Crippen LogP contribution in [0.1, 0.15) is 54.4 Å². The standard InChI is InChI=1S/C26H25F5N2O6S2/c1-3-39-23-15(13-4-6-14(7-5-13)26(29,30)31)8-9-16(22(23)28)24-32-21(12-40-24)41(36,37)33-19-11-18(27)17(25(34)35)10-20(19)38-2/h8-14,33H,3-7H2,1-2H3,(H,34,35)/t13-,14+. The molecule has 1 heterocycles. The highest BCUT2D eigenvalue weighted by Gasteiger charge is 2.42. The monoisotopic (exact) mass is 620 g/mol. The first-order chi connectivity index (χ1) is 19.3. The average molecular weight is 621 g/mol. The van der Waals surface area contributed by atoms with Crippen molar-refractivity contribution in [3.8, 4) is 22.1 Å². The molecule has 4 rings (SSSR count). The molecule has 0 bridgehead atoms. The molecular weight excluding hydrogens is 595 g/mol. The van der Waals surface area contributed by atoms with Crippen LogP contribution in [0, 0.1) is 17.6 Å². The van der Waals surface area contributed by atoms with Crippen molar-refractivity contribution in [2.45, 2.75) is 49.7 Å². The number of carboxylic acid groups (broad SMARTS) is 1. The number of rotatable bonds is 9. The molecule has 0 atom stereocenters. The van der Waals surface area contributed by atoms with E-state index in [9.17, 15) is 30.8 Å². The van der Waals surface area contributed by atoms with E-state index in [4.69, 9.17) is 14.6 Å². The number of hydrogen-bond acceptors (Lipinski definition) is 7. The minimum atomic E-state index is -4.45. The molecule has 15 heteroatoms. The number of alkyl halides is 3. The van der Waals surface area contributed by atoms with Gasteiger partial charge in [-0.05, 0) is 50.7 Å². The smallest absolute Gasteiger partial charge is 0.391 e. The first-order valence-electron chi connectivity index (χ1n) is 12.4. The molecule has 2 aromatic carbocycles. The van der Waals surface area contributed by atoms with E-state index >= 15 is 4.39 Å². The number of ether oxygens (including phenoxy) is 2. The van der Waals surface area contributed by atoms with Crippen molar-refractivity contribution < 1.29 is 49.7 Å². The Hall–Kier alpha value is -3.46. The molecule has 2 N–H and O–H groups in total. The minimum absolute atomic E-state index is 0.0180. The zero-order chi connectivity index (χ0) is 30.1. The van der Waals surface area contributed by atoms with Gasteiger partial charge in [-0.1, -0.05) is 6.07 Å². The Labute approximate surface area is 236 Å². The number of hydrogen-bond donors (Lipinski definition) is 2. The van der Waals surface area contributed by atoms with Crippen molar-refractivity contribution in [1.82, 2.24) is 4.98 Å². The SMILES string of the molecule is CCOc1c(F)c(-c2nc(S(=O)(=O)Nc3cc(F)c(C(=O)O)cc3OC)cs2)ccc1[C@H]1CC[C@@H](C(F)(F)F)CC1. The van der Waals surface area contributed by atoms with Gasteiger partial charge in [-0.25, -0.2) is 18.6 Å². The minimum Gasteiger partial charge on any atom is -0.495 e. The Morgan fingerprint density at radius 2 is 1.85 bits per heavy atom. The van der Waals surface area contributed by atoms with Crippen LogP contribution < -0.4 is 14.2 Å². The molecular formula is C26H25F5N2O6S2. The number of halogens is 5. The van der Waals surface area contributed by atoms with Gasteiger partial charge in [0.2, 0.25) is 0 Å². The fraction of sp³-hybridized carbons (Fsp3) is 0.385. The van der Waals surface area contributed by atoms with Crippen molar-refractivity contribution in [1.29, 1.82) is 0 Å². The van der Waals surface area contributed by atoms with Crippen LogP contribution in [-0.4, -0.2) is 44.4 Å². The fourth-order valence-electron chi connectivity index (χ4n) is 4.75. The zero-order valence-corrected chi connectivity index (χ0v) is 23.4. The average Bonchev–Trinajstić information content (AvgIpc) is 3.40. The molecule has 1 aliphatic rings. The highest BCUT2D eigenvalue weighted by molar-refractivity contribution is 7.92. The summed E-state index contributed by atoms with van der Waals surface area (Å²) in [5.41, 5.74) is -0.724. The molecule has 1 fully saturated rings. The molecule has 0 amide bonds. The summed E-state index contributed by atoms with van der Waals surface area (Å²) in [4.78, 5) is 15.2. The lowest BCUT2D eigenvalue weighted by atomic mass is 9.78. The molecule has 0 radical (unpaired) electrons. The Morgan fingerprint density at radius 3 is 2.44 bits per heavy atom. The normalized spacial score (nSPS) is 17.7. The predicted octanol–water partition coefficient (Wildman–Crippen LogP) is 6.83. The van der Waals surface area contributed by atoms with Crippen molar-refractivity contribution in [3.63, 3.8) is 0 Å². The molecule has 8 nitrogen and oxygen atoms in total. The molecule has 1 aromatic heterocycles. The van der Waals surface area contributed by atoms with Crippen LogP contribution >= 0.6 is 11.3 Å². The first kappa shape index (κ1) is 30.5. The van der Waals surface area contributed by atoms with Crippen LogP contribution in [0.4, 0.5) is 27.6 Å². The second-order valence-corrected chi connectivity index (χ2v) is 11.8. The molecule has 41 heavy (non-hydrogen) atoms. The number of nitrogens with one attached hydrogen (secondary N) is 1. The summed E-state index contributed by atoms with van der Waals surface area (Å²) in [6.45, 7) is 1.72. The maximum atomic E-state index is 15.7. The summed E-state index contributed by atoms with van der Waals surface area (Å²) in [7, 11) is -3.31. The number of methoxy groups -OCH3 is 1. The molecule has 1 aliphatic carbocycles. The van der Waals surface area contributed by atoms with Gasteiger partial charge in [0.15, 0.2) is 16.6 Å². The highest BCUT2D eigenvalue weighted by atomic mass is 32.2. The van der Waals surface area contributed by atoms with Crippen LogP contribution in [0.15, 0.2) is 34.7 Å². The predicted molar refractivity (Wildman–Crippen MR) is 140 cm³/mol. The lowest BCUT2D eigenvalue weighted by molar-refractivity contribution is -0.182. The largest absolute Gasteiger partial charge is 0.495 e. The second-order valence-electron chi connectivity index (χ2n) is 9.30. The molecule has 1 saturated carbocycles. The number of aromatic carboxylic acids is 1. The van der Waals surface area contributed by atoms with E-state index in [-0.39, 0.29) is 66.0 Å². The second kappa shape index (κ2) is 11.8. The first-order valence-corrected chi connectivity index (χ1v) is 14.7. The molecule has 0 unspecified atom stereocenters. The van der Waals surface area contributed by atoms with E-state index in [1.807, 2.05) is 0 Å². The van der Waals surface area contributed by atoms with Crippen molar-refractivity contribution in [3.05, 3.63) is 52.4 Å². The highest BCUT2D eigenvalue weighted by Crippen LogP contribution is 2.46. The van der Waals surface area contributed by atoms with Crippen molar-refractivity contribution >= 4 is 33.0 Å². The summed E-state index contributed by atoms with van der Waals surface area (Å²) < 4.78 is 108. The number of anilines is 1. The number of thiazole rings is 1. The summed E-state index contributed by atoms with van der Waals surface area (Å²) in [6, 6.07) is 4.42. The molecule has 222 valence electrons. The van der Waals surface area contributed by atoms with Gasteiger partial charge >= 0.3 is 12.1 Å². The van der Waals surface area contributed by atoms with Gasteiger partial charge in [0.25, 0.3) is 10.0 Å². The summed E-state index contributed by atoms with van der Waals surface area (Å²) in [5, 5.41) is 9.68. The number of nitrogens with zero attached hydrogens (tertiary/aromatic N) is 1. The third-order valence-electron chi connectivity index (χ3n) is 6.80. The Balaban J connectivity index is 1.62. The zero-order valence-electron chi connectivity index (χ0n) is 21.7. The fourth-order valence-corrected chi connectivity index (χ4v) is 6.92. The van der Waals surface area contributed by atoms with Crippen LogP contribution in [-0.2, 0) is 10.0 Å². The van der Waals surface area contributed by atoms with E-state index in [2.05, 4.69) is 9.71 Å². The van der Waals surface area contributed by atoms with Crippen LogP contribution in [0.2, 0.25) is 0 Å². The van der Waals surface area contributed by atoms with Crippen molar-refractivity contribution in [2.24, 2.45) is 5.92 Å². The summed E-state index contributed by atoms with van der Waals surface area (Å²) in [5.74, 6) is -5.69. The Kier molecular flexibility index (Phi) is 8.78. The number of carbonyl (C=O) groups is 1. The lowest BCUT2D eigenvalue weighted by Crippen LogP contribution is -2.27. The van der Waals surface area contributed by atoms with Crippen LogP contribution in [0.25, 0.3) is 10.6 Å². The van der Waals surface area contributed by atoms with E-state index in [1.165, 1.54) is 6.07 Å². The molecule has 0 saturated heterocycles. The number of carboxylic acids is 1. The van der Waals surface area contributed by atoms with Gasteiger partial charge in [-0.15, -0.1) is 11.3 Å². The van der Waals surface area contributed by atoms with Gasteiger partial charge in [0, 0.05) is 17.0 Å². The lowest BCUT2D eigenvalue weighted by Gasteiger charge is -2.31. The van der Waals surface area contributed by atoms with E-state index in [0.717, 1.165) is 29.9 Å². The number of sulfonamides is 1. The topological polar surface area (TPSA) is 115 Å². The van der Waals surface area contributed by atoms with Gasteiger partial charge in [-0.2, -0.15) is 21.6 Å². The van der Waals surface area contributed by atoms with Gasteiger partial charge in [0.1, 0.15) is 16.6 Å². The van der Waals surface area contributed by atoms with E-state index < -0.39 is 50.3 Å². The van der Waals surface area contributed by atoms with Crippen molar-refractivity contribution in [2.75, 3.05) is 18.4 Å². The van der Waals surface area contributed by atoms with Gasteiger partial charge < -0.3 is 14.6 Å². The maximum Gasteiger partial charge on any atom is 0.391 e. The number of benzene rings is 2. The van der Waals surface area contributed by atoms with Crippen LogP contribution in [0.3, 0.4) is 0 Å². The van der Waals surface area contributed by atoms with Crippen LogP contribution in [0.5, 0.6) is 11.5 Å². The third-order valence-corrected chi connectivity index (χ3v) is 9.07. The molecule has 3 aromatic rings. The molecule has 0 spiro atoms. The summed E-state index contributed by atoms with van der Waals surface area (Å²) >= 11 is 0.811. The number of aromatic nitrogens is 1.